The van der Waals surface area contributed by atoms with E-state index < -0.39 is 6.04 Å². The summed E-state index contributed by atoms with van der Waals surface area (Å²) in [6.07, 6.45) is 0. The number of aliphatic hydroxyl groups excluding tert-OH is 1. The zero-order valence-corrected chi connectivity index (χ0v) is 12.0. The molecule has 0 aromatic heterocycles. The van der Waals surface area contributed by atoms with Gasteiger partial charge in [0, 0.05) is 12.1 Å². The van der Waals surface area contributed by atoms with Crippen molar-refractivity contribution >= 4 is 11.8 Å². The second kappa shape index (κ2) is 7.95. The summed E-state index contributed by atoms with van der Waals surface area (Å²) < 4.78 is 0. The largest absolute Gasteiger partial charge is 0.395 e. The number of aliphatic hydroxyl groups is 1. The van der Waals surface area contributed by atoms with Crippen molar-refractivity contribution in [2.45, 2.75) is 6.04 Å². The van der Waals surface area contributed by atoms with E-state index in [1.807, 2.05) is 12.1 Å². The first-order valence-electron chi connectivity index (χ1n) is 7.02. The average Bonchev–Trinajstić information content (AvgIpc) is 2.59. The van der Waals surface area contributed by atoms with Crippen molar-refractivity contribution in [3.8, 4) is 0 Å². The van der Waals surface area contributed by atoms with Gasteiger partial charge in [0.2, 0.25) is 5.91 Å². The molecule has 0 unspecified atom stereocenters. The Morgan fingerprint density at radius 1 is 0.955 bits per heavy atom. The number of benzene rings is 2. The maximum absolute atomic E-state index is 12.3. The van der Waals surface area contributed by atoms with Gasteiger partial charge in [0.05, 0.1) is 6.61 Å². The molecule has 0 radical (unpaired) electrons. The summed E-state index contributed by atoms with van der Waals surface area (Å²) in [5.74, 6) is -0.682. The fraction of sp³-hybridized carbons (Fsp3) is 0.176. The van der Waals surface area contributed by atoms with Gasteiger partial charge in [0.25, 0.3) is 5.91 Å². The summed E-state index contributed by atoms with van der Waals surface area (Å²) >= 11 is 0. The molecule has 1 atom stereocenters. The van der Waals surface area contributed by atoms with Crippen LogP contribution in [0.25, 0.3) is 0 Å². The highest BCUT2D eigenvalue weighted by Gasteiger charge is 2.22. The van der Waals surface area contributed by atoms with E-state index in [1.165, 1.54) is 0 Å². The minimum Gasteiger partial charge on any atom is -0.395 e. The Labute approximate surface area is 129 Å². The molecule has 5 heteroatoms. The first-order chi connectivity index (χ1) is 10.7. The number of rotatable bonds is 6. The van der Waals surface area contributed by atoms with Crippen LogP contribution in [0.1, 0.15) is 22.0 Å². The van der Waals surface area contributed by atoms with E-state index in [-0.39, 0.29) is 25.0 Å². The Morgan fingerprint density at radius 3 is 2.14 bits per heavy atom. The van der Waals surface area contributed by atoms with Crippen LogP contribution < -0.4 is 10.6 Å². The third-order valence-electron chi connectivity index (χ3n) is 3.12. The number of hydrogen-bond donors (Lipinski definition) is 3. The van der Waals surface area contributed by atoms with Crippen molar-refractivity contribution in [2.75, 3.05) is 13.2 Å². The van der Waals surface area contributed by atoms with Crippen LogP contribution in [-0.2, 0) is 4.79 Å². The molecule has 0 bridgehead atoms. The van der Waals surface area contributed by atoms with Crippen LogP contribution in [0, 0.1) is 0 Å². The van der Waals surface area contributed by atoms with Crippen LogP contribution in [0.5, 0.6) is 0 Å². The van der Waals surface area contributed by atoms with Gasteiger partial charge in [0.1, 0.15) is 6.04 Å². The molecule has 2 aromatic rings. The predicted molar refractivity (Wildman–Crippen MR) is 83.2 cm³/mol. The van der Waals surface area contributed by atoms with E-state index in [4.69, 9.17) is 5.11 Å². The van der Waals surface area contributed by atoms with E-state index in [0.29, 0.717) is 11.1 Å². The normalized spacial score (nSPS) is 11.5. The maximum atomic E-state index is 12.3. The minimum absolute atomic E-state index is 0.142. The topological polar surface area (TPSA) is 78.4 Å². The van der Waals surface area contributed by atoms with Crippen molar-refractivity contribution in [1.82, 2.24) is 10.6 Å². The van der Waals surface area contributed by atoms with Crippen LogP contribution >= 0.6 is 0 Å². The molecule has 0 spiro atoms. The third-order valence-corrected chi connectivity index (χ3v) is 3.12. The van der Waals surface area contributed by atoms with Crippen LogP contribution in [0.3, 0.4) is 0 Å². The Balaban J connectivity index is 2.18. The van der Waals surface area contributed by atoms with Gasteiger partial charge in [-0.2, -0.15) is 0 Å². The predicted octanol–water partition coefficient (Wildman–Crippen LogP) is 1.27. The number of nitrogens with one attached hydrogen (secondary N) is 2. The average molecular weight is 298 g/mol. The minimum atomic E-state index is -0.805. The SMILES string of the molecule is O=C(N[C@H](C(=O)NCCO)c1ccccc1)c1ccccc1. The zero-order chi connectivity index (χ0) is 15.8. The summed E-state index contributed by atoms with van der Waals surface area (Å²) in [5.41, 5.74) is 1.17. The van der Waals surface area contributed by atoms with Crippen molar-refractivity contribution in [3.63, 3.8) is 0 Å². The van der Waals surface area contributed by atoms with Crippen molar-refractivity contribution < 1.29 is 14.7 Å². The third kappa shape index (κ3) is 4.17. The molecule has 114 valence electrons. The summed E-state index contributed by atoms with van der Waals surface area (Å²) in [7, 11) is 0. The molecule has 3 N–H and O–H groups in total. The molecule has 0 fully saturated rings. The monoisotopic (exact) mass is 298 g/mol. The Bertz CT molecular complexity index is 614. The maximum Gasteiger partial charge on any atom is 0.252 e. The summed E-state index contributed by atoms with van der Waals surface area (Å²) in [4.78, 5) is 24.5. The quantitative estimate of drug-likeness (QED) is 0.751. The summed E-state index contributed by atoms with van der Waals surface area (Å²) in [6.45, 7) is -0.0107. The zero-order valence-electron chi connectivity index (χ0n) is 12.0. The Kier molecular flexibility index (Phi) is 5.68. The standard InChI is InChI=1S/C17H18N2O3/c20-12-11-18-17(22)15(13-7-3-1-4-8-13)19-16(21)14-9-5-2-6-10-14/h1-10,15,20H,11-12H2,(H,18,22)(H,19,21)/t15-/m0/s1. The van der Waals surface area contributed by atoms with Gasteiger partial charge >= 0.3 is 0 Å². The van der Waals surface area contributed by atoms with Crippen LogP contribution in [0.4, 0.5) is 0 Å². The Hall–Kier alpha value is -2.66. The smallest absolute Gasteiger partial charge is 0.252 e. The molecule has 2 amide bonds. The second-order valence-corrected chi connectivity index (χ2v) is 4.70. The first-order valence-corrected chi connectivity index (χ1v) is 7.02. The molecule has 0 heterocycles. The van der Waals surface area contributed by atoms with Gasteiger partial charge in [-0.1, -0.05) is 48.5 Å². The molecular weight excluding hydrogens is 280 g/mol. The van der Waals surface area contributed by atoms with Gasteiger partial charge in [-0.3, -0.25) is 9.59 Å². The lowest BCUT2D eigenvalue weighted by Gasteiger charge is -2.18. The van der Waals surface area contributed by atoms with Gasteiger partial charge in [-0.05, 0) is 17.7 Å². The molecule has 0 saturated heterocycles. The molecule has 2 aromatic carbocycles. The van der Waals surface area contributed by atoms with E-state index >= 15 is 0 Å². The summed E-state index contributed by atoms with van der Waals surface area (Å²) in [5, 5.41) is 14.1. The highest BCUT2D eigenvalue weighted by Crippen LogP contribution is 2.14. The number of hydrogen-bond acceptors (Lipinski definition) is 3. The molecule has 0 aliphatic heterocycles. The van der Waals surface area contributed by atoms with E-state index in [9.17, 15) is 9.59 Å². The number of amides is 2. The lowest BCUT2D eigenvalue weighted by atomic mass is 10.1. The van der Waals surface area contributed by atoms with E-state index in [1.54, 1.807) is 48.5 Å². The number of carbonyl (C=O) groups is 2. The lowest BCUT2D eigenvalue weighted by molar-refractivity contribution is -0.123. The second-order valence-electron chi connectivity index (χ2n) is 4.70. The van der Waals surface area contributed by atoms with Crippen molar-refractivity contribution in [1.29, 1.82) is 0 Å². The van der Waals surface area contributed by atoms with Crippen molar-refractivity contribution in [2.24, 2.45) is 0 Å². The molecule has 22 heavy (non-hydrogen) atoms. The fourth-order valence-electron chi connectivity index (χ4n) is 2.03. The van der Waals surface area contributed by atoms with Gasteiger partial charge in [-0.15, -0.1) is 0 Å². The number of carbonyl (C=O) groups excluding carboxylic acids is 2. The molecule has 0 aliphatic carbocycles. The highest BCUT2D eigenvalue weighted by atomic mass is 16.3. The van der Waals surface area contributed by atoms with E-state index in [0.717, 1.165) is 0 Å². The molecular formula is C17H18N2O3. The molecule has 0 saturated carbocycles. The van der Waals surface area contributed by atoms with Crippen molar-refractivity contribution in [3.05, 3.63) is 71.8 Å². The Morgan fingerprint density at radius 2 is 1.55 bits per heavy atom. The molecule has 0 aliphatic rings. The summed E-state index contributed by atoms with van der Waals surface area (Å²) in [6, 6.07) is 16.9. The van der Waals surface area contributed by atoms with Gasteiger partial charge in [-0.25, -0.2) is 0 Å². The van der Waals surface area contributed by atoms with Crippen LogP contribution in [0.2, 0.25) is 0 Å². The molecule has 5 nitrogen and oxygen atoms in total. The van der Waals surface area contributed by atoms with Gasteiger partial charge < -0.3 is 15.7 Å². The van der Waals surface area contributed by atoms with E-state index in [2.05, 4.69) is 10.6 Å². The van der Waals surface area contributed by atoms with Gasteiger partial charge in [0.15, 0.2) is 0 Å². The van der Waals surface area contributed by atoms with Crippen LogP contribution in [0.15, 0.2) is 60.7 Å². The van der Waals surface area contributed by atoms with Crippen LogP contribution in [-0.4, -0.2) is 30.1 Å². The lowest BCUT2D eigenvalue weighted by Crippen LogP contribution is -2.41. The highest BCUT2D eigenvalue weighted by molar-refractivity contribution is 5.97. The molecule has 2 rings (SSSR count). The fourth-order valence-corrected chi connectivity index (χ4v) is 2.03. The first kappa shape index (κ1) is 15.7.